The van der Waals surface area contributed by atoms with Gasteiger partial charge in [0, 0.05) is 32.1 Å². The minimum Gasteiger partial charge on any atom is -0.355 e. The van der Waals surface area contributed by atoms with Gasteiger partial charge in [0.1, 0.15) is 0 Å². The lowest BCUT2D eigenvalue weighted by Gasteiger charge is -2.28. The maximum atomic E-state index is 12.0. The smallest absolute Gasteiger partial charge is 0.234 e. The molecule has 1 fully saturated rings. The van der Waals surface area contributed by atoms with Crippen molar-refractivity contribution in [3.63, 3.8) is 0 Å². The van der Waals surface area contributed by atoms with Crippen LogP contribution in [0.25, 0.3) is 0 Å². The van der Waals surface area contributed by atoms with Crippen LogP contribution in [0.2, 0.25) is 0 Å². The summed E-state index contributed by atoms with van der Waals surface area (Å²) in [5, 5.41) is 5.78. The third-order valence-electron chi connectivity index (χ3n) is 3.64. The number of hydrogen-bond donors (Lipinski definition) is 2. The average molecular weight is 289 g/mol. The Balaban J connectivity index is 2.10. The van der Waals surface area contributed by atoms with Crippen molar-refractivity contribution in [1.82, 2.24) is 15.5 Å². The fourth-order valence-corrected chi connectivity index (χ4v) is 2.57. The van der Waals surface area contributed by atoms with E-state index in [0.29, 0.717) is 32.6 Å². The number of carbonyl (C=O) groups is 2. The monoisotopic (exact) mass is 289 g/mol. The molecule has 2 N–H and O–H groups in total. The van der Waals surface area contributed by atoms with E-state index in [1.807, 2.05) is 37.3 Å². The quantitative estimate of drug-likeness (QED) is 0.852. The number of rotatable bonds is 5. The number of carbonyl (C=O) groups excluding carboxylic acids is 2. The van der Waals surface area contributed by atoms with Gasteiger partial charge in [0.25, 0.3) is 0 Å². The first-order valence-electron chi connectivity index (χ1n) is 7.53. The van der Waals surface area contributed by atoms with E-state index in [2.05, 4.69) is 15.5 Å². The van der Waals surface area contributed by atoms with Gasteiger partial charge in [0.05, 0.1) is 6.54 Å². The molecule has 2 amide bonds. The van der Waals surface area contributed by atoms with Crippen molar-refractivity contribution >= 4 is 11.8 Å². The second-order valence-corrected chi connectivity index (χ2v) is 5.30. The predicted molar refractivity (Wildman–Crippen MR) is 81.7 cm³/mol. The van der Waals surface area contributed by atoms with Crippen molar-refractivity contribution in [2.24, 2.45) is 0 Å². The standard InChI is InChI=1S/C16H23N3O2/c1-2-8-17-16(21)12-19-10-9-18-15(20)11-14(19)13-6-4-3-5-7-13/h3-7,14H,2,8-12H2,1H3,(H,17,21)(H,18,20)/t14-/m1/s1. The molecule has 1 atom stereocenters. The Morgan fingerprint density at radius 2 is 2.14 bits per heavy atom. The zero-order chi connectivity index (χ0) is 15.1. The molecule has 1 saturated heterocycles. The van der Waals surface area contributed by atoms with Crippen LogP contribution < -0.4 is 10.6 Å². The van der Waals surface area contributed by atoms with Gasteiger partial charge in [-0.1, -0.05) is 37.3 Å². The molecule has 2 rings (SSSR count). The van der Waals surface area contributed by atoms with Crippen molar-refractivity contribution < 1.29 is 9.59 Å². The van der Waals surface area contributed by atoms with Crippen LogP contribution in [0, 0.1) is 0 Å². The van der Waals surface area contributed by atoms with E-state index in [0.717, 1.165) is 12.0 Å². The molecule has 0 radical (unpaired) electrons. The maximum absolute atomic E-state index is 12.0. The van der Waals surface area contributed by atoms with Gasteiger partial charge in [0.15, 0.2) is 0 Å². The molecule has 1 aromatic carbocycles. The fourth-order valence-electron chi connectivity index (χ4n) is 2.57. The van der Waals surface area contributed by atoms with E-state index in [4.69, 9.17) is 0 Å². The van der Waals surface area contributed by atoms with Gasteiger partial charge in [-0.3, -0.25) is 14.5 Å². The highest BCUT2D eigenvalue weighted by Gasteiger charge is 2.27. The van der Waals surface area contributed by atoms with E-state index in [1.165, 1.54) is 0 Å². The summed E-state index contributed by atoms with van der Waals surface area (Å²) in [6.45, 7) is 4.32. The number of nitrogens with zero attached hydrogens (tertiary/aromatic N) is 1. The molecular formula is C16H23N3O2. The van der Waals surface area contributed by atoms with Gasteiger partial charge in [-0.2, -0.15) is 0 Å². The van der Waals surface area contributed by atoms with Crippen LogP contribution in [0.4, 0.5) is 0 Å². The van der Waals surface area contributed by atoms with Gasteiger partial charge < -0.3 is 10.6 Å². The molecule has 0 unspecified atom stereocenters. The van der Waals surface area contributed by atoms with Crippen molar-refractivity contribution in [2.75, 3.05) is 26.2 Å². The molecule has 0 aliphatic carbocycles. The first-order chi connectivity index (χ1) is 10.2. The summed E-state index contributed by atoms with van der Waals surface area (Å²) in [7, 11) is 0. The molecule has 21 heavy (non-hydrogen) atoms. The van der Waals surface area contributed by atoms with E-state index in [1.54, 1.807) is 0 Å². The molecule has 0 aromatic heterocycles. The Morgan fingerprint density at radius 3 is 2.86 bits per heavy atom. The summed E-state index contributed by atoms with van der Waals surface area (Å²) in [6.07, 6.45) is 1.32. The maximum Gasteiger partial charge on any atom is 0.234 e. The average Bonchev–Trinajstić information content (AvgIpc) is 2.68. The van der Waals surface area contributed by atoms with Crippen LogP contribution in [-0.2, 0) is 9.59 Å². The molecule has 5 nitrogen and oxygen atoms in total. The summed E-state index contributed by atoms with van der Waals surface area (Å²) < 4.78 is 0. The van der Waals surface area contributed by atoms with Gasteiger partial charge in [-0.25, -0.2) is 0 Å². The second-order valence-electron chi connectivity index (χ2n) is 5.30. The number of nitrogens with one attached hydrogen (secondary N) is 2. The molecule has 5 heteroatoms. The zero-order valence-electron chi connectivity index (χ0n) is 12.5. The predicted octanol–water partition coefficient (Wildman–Crippen LogP) is 1.08. The topological polar surface area (TPSA) is 61.4 Å². The molecule has 0 saturated carbocycles. The molecule has 1 aromatic rings. The van der Waals surface area contributed by atoms with Crippen LogP contribution >= 0.6 is 0 Å². The summed E-state index contributed by atoms with van der Waals surface area (Å²) in [4.78, 5) is 25.9. The lowest BCUT2D eigenvalue weighted by atomic mass is 10.0. The zero-order valence-corrected chi connectivity index (χ0v) is 12.5. The Bertz CT molecular complexity index is 476. The lowest BCUT2D eigenvalue weighted by Crippen LogP contribution is -2.40. The highest BCUT2D eigenvalue weighted by molar-refractivity contribution is 5.79. The molecule has 1 aliphatic rings. The lowest BCUT2D eigenvalue weighted by molar-refractivity contribution is -0.124. The van der Waals surface area contributed by atoms with Gasteiger partial charge in [0.2, 0.25) is 11.8 Å². The largest absolute Gasteiger partial charge is 0.355 e. The van der Waals surface area contributed by atoms with E-state index in [9.17, 15) is 9.59 Å². The minimum absolute atomic E-state index is 0.0205. The van der Waals surface area contributed by atoms with Gasteiger partial charge in [-0.15, -0.1) is 0 Å². The van der Waals surface area contributed by atoms with E-state index < -0.39 is 0 Å². The molecule has 0 spiro atoms. The van der Waals surface area contributed by atoms with Crippen molar-refractivity contribution in [2.45, 2.75) is 25.8 Å². The molecule has 1 heterocycles. The fraction of sp³-hybridized carbons (Fsp3) is 0.500. The van der Waals surface area contributed by atoms with Crippen molar-refractivity contribution in [1.29, 1.82) is 0 Å². The Hall–Kier alpha value is -1.88. The third kappa shape index (κ3) is 4.56. The number of hydrogen-bond acceptors (Lipinski definition) is 3. The Labute approximate surface area is 125 Å². The third-order valence-corrected chi connectivity index (χ3v) is 3.64. The van der Waals surface area contributed by atoms with E-state index >= 15 is 0 Å². The van der Waals surface area contributed by atoms with Crippen LogP contribution in [0.5, 0.6) is 0 Å². The number of amides is 2. The first-order valence-corrected chi connectivity index (χ1v) is 7.53. The summed E-state index contributed by atoms with van der Waals surface area (Å²) in [5.41, 5.74) is 1.08. The van der Waals surface area contributed by atoms with Gasteiger partial charge in [-0.05, 0) is 12.0 Å². The van der Waals surface area contributed by atoms with Crippen LogP contribution in [0.15, 0.2) is 30.3 Å². The van der Waals surface area contributed by atoms with Crippen LogP contribution in [0.3, 0.4) is 0 Å². The van der Waals surface area contributed by atoms with E-state index in [-0.39, 0.29) is 17.9 Å². The van der Waals surface area contributed by atoms with Crippen molar-refractivity contribution in [3.05, 3.63) is 35.9 Å². The molecular weight excluding hydrogens is 266 g/mol. The van der Waals surface area contributed by atoms with Gasteiger partial charge >= 0.3 is 0 Å². The highest BCUT2D eigenvalue weighted by Crippen LogP contribution is 2.25. The summed E-state index contributed by atoms with van der Waals surface area (Å²) >= 11 is 0. The van der Waals surface area contributed by atoms with Crippen molar-refractivity contribution in [3.8, 4) is 0 Å². The molecule has 114 valence electrons. The van der Waals surface area contributed by atoms with Crippen LogP contribution in [0.1, 0.15) is 31.4 Å². The Morgan fingerprint density at radius 1 is 1.38 bits per heavy atom. The summed E-state index contributed by atoms with van der Waals surface area (Å²) in [5.74, 6) is 0.0625. The first kappa shape index (κ1) is 15.5. The Kier molecular flexibility index (Phi) is 5.75. The van der Waals surface area contributed by atoms with Crippen LogP contribution in [-0.4, -0.2) is 42.9 Å². The highest BCUT2D eigenvalue weighted by atomic mass is 16.2. The minimum atomic E-state index is -0.0407. The SMILES string of the molecule is CCCNC(=O)CN1CCNC(=O)C[C@@H]1c1ccccc1. The summed E-state index contributed by atoms with van der Waals surface area (Å²) in [6, 6.07) is 9.88. The second kappa shape index (κ2) is 7.78. The molecule has 1 aliphatic heterocycles. The normalized spacial score (nSPS) is 19.7. The number of benzene rings is 1. The molecule has 0 bridgehead atoms.